The molecule has 2 heterocycles. The van der Waals surface area contributed by atoms with Gasteiger partial charge in [-0.25, -0.2) is 9.97 Å². The molecule has 0 aromatic carbocycles. The molecule has 1 saturated heterocycles. The Morgan fingerprint density at radius 3 is 2.35 bits per heavy atom. The second-order valence-corrected chi connectivity index (χ2v) is 7.24. The number of hydrogen-bond acceptors (Lipinski definition) is 5. The number of nitrogens with zero attached hydrogens (tertiary/aromatic N) is 4. The van der Waals surface area contributed by atoms with Crippen LogP contribution in [-0.4, -0.2) is 60.0 Å². The topological polar surface area (TPSA) is 61.4 Å². The summed E-state index contributed by atoms with van der Waals surface area (Å²) in [5, 5.41) is 3.13. The molecule has 0 atom stereocenters. The van der Waals surface area contributed by atoms with Crippen LogP contribution in [0.3, 0.4) is 0 Å². The number of aryl methyl sites for hydroxylation is 2. The molecule has 0 saturated carbocycles. The van der Waals surface area contributed by atoms with Gasteiger partial charge in [0.2, 0.25) is 11.9 Å². The normalized spacial score (nSPS) is 15.5. The van der Waals surface area contributed by atoms with Crippen molar-refractivity contribution in [2.45, 2.75) is 53.4 Å². The lowest BCUT2D eigenvalue weighted by Crippen LogP contribution is -2.41. The zero-order valence-corrected chi connectivity index (χ0v) is 16.9. The summed E-state index contributed by atoms with van der Waals surface area (Å²) in [5.41, 5.74) is 1.99. The molecule has 6 nitrogen and oxygen atoms in total. The highest BCUT2D eigenvalue weighted by Crippen LogP contribution is 2.21. The maximum atomic E-state index is 12.4. The lowest BCUT2D eigenvalue weighted by atomic mass is 9.96. The molecule has 26 heavy (non-hydrogen) atoms. The first-order valence-corrected chi connectivity index (χ1v) is 10.1. The van der Waals surface area contributed by atoms with E-state index in [-0.39, 0.29) is 11.8 Å². The fraction of sp³-hybridized carbons (Fsp3) is 0.750. The first kappa shape index (κ1) is 20.6. The second-order valence-electron chi connectivity index (χ2n) is 7.24. The third kappa shape index (κ3) is 6.24. The van der Waals surface area contributed by atoms with Crippen molar-refractivity contribution >= 4 is 11.9 Å². The number of unbranched alkanes of at least 4 members (excludes halogenated alkanes) is 1. The van der Waals surface area contributed by atoms with Crippen molar-refractivity contribution in [2.75, 3.05) is 44.2 Å². The molecular weight excluding hydrogens is 326 g/mol. The Morgan fingerprint density at radius 2 is 1.77 bits per heavy atom. The Balaban J connectivity index is 1.68. The van der Waals surface area contributed by atoms with Gasteiger partial charge in [0.1, 0.15) is 0 Å². The van der Waals surface area contributed by atoms with Crippen LogP contribution in [0.2, 0.25) is 0 Å². The van der Waals surface area contributed by atoms with E-state index in [9.17, 15) is 4.79 Å². The van der Waals surface area contributed by atoms with Crippen molar-refractivity contribution in [3.63, 3.8) is 0 Å². The molecule has 0 unspecified atom stereocenters. The zero-order chi connectivity index (χ0) is 18.9. The number of anilines is 1. The van der Waals surface area contributed by atoms with Gasteiger partial charge in [-0.3, -0.25) is 4.79 Å². The summed E-state index contributed by atoms with van der Waals surface area (Å²) >= 11 is 0. The maximum Gasteiger partial charge on any atom is 0.225 e. The quantitative estimate of drug-likeness (QED) is 0.685. The molecule has 1 aliphatic rings. The van der Waals surface area contributed by atoms with Gasteiger partial charge in [0.25, 0.3) is 0 Å². The highest BCUT2D eigenvalue weighted by Gasteiger charge is 2.26. The van der Waals surface area contributed by atoms with Crippen molar-refractivity contribution in [1.29, 1.82) is 0 Å². The summed E-state index contributed by atoms with van der Waals surface area (Å²) in [6.45, 7) is 14.2. The molecule has 6 heteroatoms. The van der Waals surface area contributed by atoms with Gasteiger partial charge >= 0.3 is 0 Å². The van der Waals surface area contributed by atoms with Crippen LogP contribution < -0.4 is 10.2 Å². The van der Waals surface area contributed by atoms with Crippen LogP contribution in [0.4, 0.5) is 5.95 Å². The lowest BCUT2D eigenvalue weighted by molar-refractivity contribution is -0.125. The fourth-order valence-corrected chi connectivity index (χ4v) is 3.55. The van der Waals surface area contributed by atoms with Crippen LogP contribution >= 0.6 is 0 Å². The predicted octanol–water partition coefficient (Wildman–Crippen LogP) is 2.55. The Kier molecular flexibility index (Phi) is 8.29. The standard InChI is InChI=1S/C20H35N5O/c1-5-24(6-2)12-8-7-11-21-19(26)18-9-13-25(14-10-18)20-22-16(3)15-17(4)23-20/h15,18H,5-14H2,1-4H3,(H,21,26). The molecule has 0 bridgehead atoms. The largest absolute Gasteiger partial charge is 0.356 e. The van der Waals surface area contributed by atoms with E-state index in [1.54, 1.807) is 0 Å². The van der Waals surface area contributed by atoms with Gasteiger partial charge in [-0.05, 0) is 65.2 Å². The third-order valence-corrected chi connectivity index (χ3v) is 5.21. The zero-order valence-electron chi connectivity index (χ0n) is 16.9. The molecule has 1 aromatic rings. The second kappa shape index (κ2) is 10.5. The summed E-state index contributed by atoms with van der Waals surface area (Å²) in [7, 11) is 0. The Labute approximate surface area is 158 Å². The number of hydrogen-bond donors (Lipinski definition) is 1. The number of carbonyl (C=O) groups excluding carboxylic acids is 1. The Morgan fingerprint density at radius 1 is 1.15 bits per heavy atom. The molecular formula is C20H35N5O. The monoisotopic (exact) mass is 361 g/mol. The number of rotatable bonds is 9. The van der Waals surface area contributed by atoms with Crippen molar-refractivity contribution in [3.05, 3.63) is 17.5 Å². The van der Waals surface area contributed by atoms with Gasteiger partial charge in [-0.2, -0.15) is 0 Å². The number of piperidine rings is 1. The van der Waals surface area contributed by atoms with Crippen LogP contribution in [0.25, 0.3) is 0 Å². The fourth-order valence-electron chi connectivity index (χ4n) is 3.55. The van der Waals surface area contributed by atoms with Gasteiger partial charge in [0.15, 0.2) is 0 Å². The van der Waals surface area contributed by atoms with Gasteiger partial charge in [-0.15, -0.1) is 0 Å². The van der Waals surface area contributed by atoms with E-state index >= 15 is 0 Å². The smallest absolute Gasteiger partial charge is 0.225 e. The van der Waals surface area contributed by atoms with Crippen molar-refractivity contribution in [1.82, 2.24) is 20.2 Å². The molecule has 1 amide bonds. The molecule has 146 valence electrons. The highest BCUT2D eigenvalue weighted by molar-refractivity contribution is 5.78. The summed E-state index contributed by atoms with van der Waals surface area (Å²) in [6.07, 6.45) is 3.95. The van der Waals surface area contributed by atoms with Crippen LogP contribution in [0, 0.1) is 19.8 Å². The minimum absolute atomic E-state index is 0.125. The van der Waals surface area contributed by atoms with E-state index < -0.39 is 0 Å². The molecule has 1 aromatic heterocycles. The average molecular weight is 362 g/mol. The first-order chi connectivity index (χ1) is 12.5. The first-order valence-electron chi connectivity index (χ1n) is 10.1. The molecule has 1 N–H and O–H groups in total. The van der Waals surface area contributed by atoms with Gasteiger partial charge < -0.3 is 15.1 Å². The minimum atomic E-state index is 0.125. The number of aromatic nitrogens is 2. The highest BCUT2D eigenvalue weighted by atomic mass is 16.1. The Hall–Kier alpha value is -1.69. The minimum Gasteiger partial charge on any atom is -0.356 e. The summed E-state index contributed by atoms with van der Waals surface area (Å²) in [5.74, 6) is 1.14. The van der Waals surface area contributed by atoms with Crippen LogP contribution in [-0.2, 0) is 4.79 Å². The summed E-state index contributed by atoms with van der Waals surface area (Å²) < 4.78 is 0. The van der Waals surface area contributed by atoms with E-state index in [2.05, 4.69) is 38.9 Å². The number of carbonyl (C=O) groups is 1. The van der Waals surface area contributed by atoms with E-state index in [4.69, 9.17) is 0 Å². The summed E-state index contributed by atoms with van der Waals surface area (Å²) in [4.78, 5) is 26.1. The van der Waals surface area contributed by atoms with E-state index in [1.807, 2.05) is 19.9 Å². The SMILES string of the molecule is CCN(CC)CCCCNC(=O)C1CCN(c2nc(C)cc(C)n2)CC1. The molecule has 1 fully saturated rings. The van der Waals surface area contributed by atoms with Crippen LogP contribution in [0.15, 0.2) is 6.07 Å². The molecule has 0 aliphatic carbocycles. The van der Waals surface area contributed by atoms with Crippen LogP contribution in [0.1, 0.15) is 50.9 Å². The van der Waals surface area contributed by atoms with Crippen LogP contribution in [0.5, 0.6) is 0 Å². The Bertz CT molecular complexity index is 545. The average Bonchev–Trinajstić information content (AvgIpc) is 2.64. The van der Waals surface area contributed by atoms with Crippen molar-refractivity contribution in [3.8, 4) is 0 Å². The molecule has 1 aliphatic heterocycles. The maximum absolute atomic E-state index is 12.4. The molecule has 2 rings (SSSR count). The number of amides is 1. The molecule has 0 spiro atoms. The van der Waals surface area contributed by atoms with Gasteiger partial charge in [0.05, 0.1) is 0 Å². The van der Waals surface area contributed by atoms with E-state index in [0.717, 1.165) is 82.3 Å². The molecule has 0 radical (unpaired) electrons. The summed E-state index contributed by atoms with van der Waals surface area (Å²) in [6, 6.07) is 1.99. The third-order valence-electron chi connectivity index (χ3n) is 5.21. The van der Waals surface area contributed by atoms with Gasteiger partial charge in [0, 0.05) is 36.9 Å². The van der Waals surface area contributed by atoms with Crippen molar-refractivity contribution in [2.24, 2.45) is 5.92 Å². The van der Waals surface area contributed by atoms with E-state index in [0.29, 0.717) is 0 Å². The lowest BCUT2D eigenvalue weighted by Gasteiger charge is -2.31. The number of nitrogens with one attached hydrogen (secondary N) is 1. The van der Waals surface area contributed by atoms with Gasteiger partial charge in [-0.1, -0.05) is 13.8 Å². The van der Waals surface area contributed by atoms with Crippen molar-refractivity contribution < 1.29 is 4.79 Å². The van der Waals surface area contributed by atoms with E-state index in [1.165, 1.54) is 0 Å². The predicted molar refractivity (Wildman–Crippen MR) is 106 cm³/mol.